The van der Waals surface area contributed by atoms with E-state index in [-0.39, 0.29) is 0 Å². The minimum absolute atomic E-state index is 0.503. The molecule has 0 saturated heterocycles. The second kappa shape index (κ2) is 9.24. The van der Waals surface area contributed by atoms with Crippen molar-refractivity contribution in [1.82, 2.24) is 0 Å². The molecule has 4 nitrogen and oxygen atoms in total. The number of fused-ring (bicyclic) bond motifs is 6. The van der Waals surface area contributed by atoms with E-state index in [1.54, 1.807) is 6.07 Å². The van der Waals surface area contributed by atoms with Crippen molar-refractivity contribution in [1.29, 1.82) is 10.5 Å². The molecule has 0 aliphatic rings. The average Bonchev–Trinajstić information content (AvgIpc) is 3.62. The van der Waals surface area contributed by atoms with E-state index in [4.69, 9.17) is 8.83 Å². The van der Waals surface area contributed by atoms with Crippen molar-refractivity contribution >= 4 is 43.9 Å². The first-order valence-electron chi connectivity index (χ1n) is 13.6. The van der Waals surface area contributed by atoms with Crippen molar-refractivity contribution in [2.75, 3.05) is 0 Å². The first kappa shape index (κ1) is 23.8. The molecule has 8 aromatic rings. The first-order valence-corrected chi connectivity index (χ1v) is 13.6. The van der Waals surface area contributed by atoms with Gasteiger partial charge in [0, 0.05) is 38.2 Å². The number of nitrogens with zero attached hydrogens (tertiary/aromatic N) is 2. The molecule has 6 aromatic carbocycles. The third kappa shape index (κ3) is 3.47. The van der Waals surface area contributed by atoms with Crippen LogP contribution < -0.4 is 0 Å². The quantitative estimate of drug-likeness (QED) is 0.225. The second-order valence-electron chi connectivity index (χ2n) is 10.3. The lowest BCUT2D eigenvalue weighted by Gasteiger charge is -2.16. The second-order valence-corrected chi connectivity index (χ2v) is 10.3. The highest BCUT2D eigenvalue weighted by Crippen LogP contribution is 2.44. The highest BCUT2D eigenvalue weighted by atomic mass is 16.3. The molecule has 0 N–H and O–H groups in total. The van der Waals surface area contributed by atoms with Crippen molar-refractivity contribution in [2.24, 2.45) is 0 Å². The number of rotatable bonds is 3. The maximum atomic E-state index is 10.7. The van der Waals surface area contributed by atoms with Crippen LogP contribution in [0.2, 0.25) is 0 Å². The summed E-state index contributed by atoms with van der Waals surface area (Å²) in [5, 5.41) is 24.7. The van der Waals surface area contributed by atoms with E-state index in [0.29, 0.717) is 22.3 Å². The summed E-state index contributed by atoms with van der Waals surface area (Å²) in [5.41, 5.74) is 9.18. The Labute approximate surface area is 240 Å². The summed E-state index contributed by atoms with van der Waals surface area (Å²) in [6.07, 6.45) is 0. The number of para-hydroxylation sites is 2. The molecular weight excluding hydrogens is 516 g/mol. The van der Waals surface area contributed by atoms with Crippen LogP contribution in [0.5, 0.6) is 0 Å². The van der Waals surface area contributed by atoms with Gasteiger partial charge in [-0.1, -0.05) is 78.9 Å². The molecule has 0 spiro atoms. The van der Waals surface area contributed by atoms with Gasteiger partial charge in [0.25, 0.3) is 0 Å². The SMILES string of the molecule is N#Cc1ccccc1-c1cc(-c2cccc3oc4ccccc4c23)cc(-c2cccc3oc4ccccc4c23)c1C#N. The van der Waals surface area contributed by atoms with Crippen LogP contribution in [0.3, 0.4) is 0 Å². The standard InChI is InChI=1S/C38H20N2O2/c39-21-23-9-1-2-10-25(23)30-19-24(26-13-7-17-35-37(26)28-11-3-5-15-33(28)41-35)20-31(32(30)22-40)27-14-8-18-36-38(27)29-12-4-6-16-34(29)42-36/h1-20H. The molecule has 0 aliphatic heterocycles. The van der Waals surface area contributed by atoms with Crippen molar-refractivity contribution in [3.8, 4) is 45.5 Å². The summed E-state index contributed by atoms with van der Waals surface area (Å²) < 4.78 is 12.4. The van der Waals surface area contributed by atoms with E-state index in [9.17, 15) is 10.5 Å². The van der Waals surface area contributed by atoms with Gasteiger partial charge in [-0.2, -0.15) is 10.5 Å². The number of benzene rings is 6. The molecule has 0 fully saturated rings. The molecule has 0 aliphatic carbocycles. The topological polar surface area (TPSA) is 73.9 Å². The molecule has 2 heterocycles. The summed E-state index contributed by atoms with van der Waals surface area (Å²) in [7, 11) is 0. The minimum Gasteiger partial charge on any atom is -0.456 e. The van der Waals surface area contributed by atoms with Crippen molar-refractivity contribution in [3.05, 3.63) is 132 Å². The van der Waals surface area contributed by atoms with Crippen molar-refractivity contribution < 1.29 is 8.83 Å². The van der Waals surface area contributed by atoms with Gasteiger partial charge in [-0.3, -0.25) is 0 Å². The molecule has 0 amide bonds. The summed E-state index contributed by atoms with van der Waals surface area (Å²) in [6, 6.07) is 44.4. The van der Waals surface area contributed by atoms with E-state index in [1.165, 1.54) is 0 Å². The van der Waals surface area contributed by atoms with Crippen LogP contribution in [0.1, 0.15) is 11.1 Å². The molecule has 194 valence electrons. The van der Waals surface area contributed by atoms with E-state index >= 15 is 0 Å². The van der Waals surface area contributed by atoms with E-state index in [0.717, 1.165) is 66.1 Å². The highest BCUT2D eigenvalue weighted by molar-refractivity contribution is 6.15. The zero-order valence-electron chi connectivity index (χ0n) is 22.3. The number of nitriles is 2. The fourth-order valence-corrected chi connectivity index (χ4v) is 6.17. The zero-order valence-corrected chi connectivity index (χ0v) is 22.3. The Morgan fingerprint density at radius 1 is 0.429 bits per heavy atom. The zero-order chi connectivity index (χ0) is 28.2. The van der Waals surface area contributed by atoms with Gasteiger partial charge in [0.2, 0.25) is 0 Å². The Balaban J connectivity index is 1.53. The Morgan fingerprint density at radius 3 is 1.57 bits per heavy atom. The number of hydrogen-bond acceptors (Lipinski definition) is 4. The largest absolute Gasteiger partial charge is 0.456 e. The lowest BCUT2D eigenvalue weighted by molar-refractivity contribution is 0.668. The lowest BCUT2D eigenvalue weighted by atomic mass is 9.85. The van der Waals surface area contributed by atoms with Gasteiger partial charge in [-0.05, 0) is 59.2 Å². The summed E-state index contributed by atoms with van der Waals surface area (Å²) in [6.45, 7) is 0. The molecule has 0 unspecified atom stereocenters. The van der Waals surface area contributed by atoms with Crippen LogP contribution in [0.15, 0.2) is 130 Å². The number of furan rings is 2. The Kier molecular flexibility index (Phi) is 5.22. The molecular formula is C38H20N2O2. The highest BCUT2D eigenvalue weighted by Gasteiger charge is 2.22. The third-order valence-electron chi connectivity index (χ3n) is 7.99. The smallest absolute Gasteiger partial charge is 0.136 e. The van der Waals surface area contributed by atoms with Crippen molar-refractivity contribution in [3.63, 3.8) is 0 Å². The van der Waals surface area contributed by atoms with Gasteiger partial charge in [-0.15, -0.1) is 0 Å². The van der Waals surface area contributed by atoms with Gasteiger partial charge < -0.3 is 8.83 Å². The van der Waals surface area contributed by atoms with Gasteiger partial charge in [0.05, 0.1) is 17.2 Å². The molecule has 2 aromatic heterocycles. The van der Waals surface area contributed by atoms with Crippen LogP contribution in [-0.4, -0.2) is 0 Å². The fraction of sp³-hybridized carbons (Fsp3) is 0. The monoisotopic (exact) mass is 536 g/mol. The minimum atomic E-state index is 0.503. The number of hydrogen-bond donors (Lipinski definition) is 0. The maximum absolute atomic E-state index is 10.7. The molecule has 0 radical (unpaired) electrons. The van der Waals surface area contributed by atoms with Crippen LogP contribution in [0.25, 0.3) is 77.3 Å². The van der Waals surface area contributed by atoms with Crippen LogP contribution in [-0.2, 0) is 0 Å². The summed E-state index contributed by atoms with van der Waals surface area (Å²) in [5.74, 6) is 0. The molecule has 0 bridgehead atoms. The molecule has 0 atom stereocenters. The van der Waals surface area contributed by atoms with Crippen molar-refractivity contribution in [2.45, 2.75) is 0 Å². The van der Waals surface area contributed by atoms with Gasteiger partial charge in [-0.25, -0.2) is 0 Å². The predicted octanol–water partition coefficient (Wildman–Crippen LogP) is 10.2. The Bertz CT molecular complexity index is 2450. The van der Waals surface area contributed by atoms with E-state index in [1.807, 2.05) is 97.1 Å². The van der Waals surface area contributed by atoms with Gasteiger partial charge in [0.15, 0.2) is 0 Å². The van der Waals surface area contributed by atoms with Crippen LogP contribution in [0, 0.1) is 22.7 Å². The normalized spacial score (nSPS) is 11.3. The summed E-state index contributed by atoms with van der Waals surface area (Å²) in [4.78, 5) is 0. The molecule has 0 saturated carbocycles. The van der Waals surface area contributed by atoms with Gasteiger partial charge in [0.1, 0.15) is 28.4 Å². The molecule has 4 heteroatoms. The summed E-state index contributed by atoms with van der Waals surface area (Å²) >= 11 is 0. The van der Waals surface area contributed by atoms with Gasteiger partial charge >= 0.3 is 0 Å². The van der Waals surface area contributed by atoms with Crippen LogP contribution in [0.4, 0.5) is 0 Å². The Morgan fingerprint density at radius 2 is 0.929 bits per heavy atom. The maximum Gasteiger partial charge on any atom is 0.136 e. The lowest BCUT2D eigenvalue weighted by Crippen LogP contribution is -1.95. The van der Waals surface area contributed by atoms with Crippen LogP contribution >= 0.6 is 0 Å². The predicted molar refractivity (Wildman–Crippen MR) is 167 cm³/mol. The molecule has 42 heavy (non-hydrogen) atoms. The Hall–Kier alpha value is -6.10. The molecule has 8 rings (SSSR count). The van der Waals surface area contributed by atoms with E-state index in [2.05, 4.69) is 30.3 Å². The average molecular weight is 537 g/mol. The fourth-order valence-electron chi connectivity index (χ4n) is 6.17. The van der Waals surface area contributed by atoms with E-state index < -0.39 is 0 Å². The third-order valence-corrected chi connectivity index (χ3v) is 7.99. The first-order chi connectivity index (χ1) is 20.7.